The molecular weight excluding hydrogens is 372 g/mol. The minimum Gasteiger partial charge on any atom is -0.345 e. The average molecular weight is 399 g/mol. The number of carbonyl (C=O) groups excluding carboxylic acids is 1. The molecule has 0 spiro atoms. The highest BCUT2D eigenvalue weighted by atomic mass is 16.1. The maximum absolute atomic E-state index is 13.4. The predicted molar refractivity (Wildman–Crippen MR) is 120 cm³/mol. The SMILES string of the molecule is CCC(NC(=O)c1cc(-c2cnn(C)c2C)nc2ccccc12)c1ccc(C)cc1. The van der Waals surface area contributed by atoms with E-state index in [0.717, 1.165) is 39.8 Å². The molecule has 0 aliphatic rings. The number of fused-ring (bicyclic) bond motifs is 1. The average Bonchev–Trinajstić information content (AvgIpc) is 3.10. The van der Waals surface area contributed by atoms with Crippen molar-refractivity contribution in [2.24, 2.45) is 7.05 Å². The summed E-state index contributed by atoms with van der Waals surface area (Å²) in [7, 11) is 1.90. The molecule has 5 heteroatoms. The second-order valence-corrected chi connectivity index (χ2v) is 7.68. The van der Waals surface area contributed by atoms with Crippen molar-refractivity contribution in [2.45, 2.75) is 33.2 Å². The summed E-state index contributed by atoms with van der Waals surface area (Å²) in [5.41, 5.74) is 6.44. The van der Waals surface area contributed by atoms with Crippen molar-refractivity contribution in [3.05, 3.63) is 83.2 Å². The normalized spacial score (nSPS) is 12.1. The Morgan fingerprint density at radius 2 is 1.83 bits per heavy atom. The molecule has 5 nitrogen and oxygen atoms in total. The molecule has 2 heterocycles. The van der Waals surface area contributed by atoms with Crippen LogP contribution in [0.1, 0.15) is 46.6 Å². The second-order valence-electron chi connectivity index (χ2n) is 7.68. The van der Waals surface area contributed by atoms with E-state index in [1.165, 1.54) is 5.56 Å². The fourth-order valence-corrected chi connectivity index (χ4v) is 3.71. The zero-order chi connectivity index (χ0) is 21.3. The number of nitrogens with zero attached hydrogens (tertiary/aromatic N) is 3. The van der Waals surface area contributed by atoms with Gasteiger partial charge in [-0.2, -0.15) is 5.10 Å². The van der Waals surface area contributed by atoms with Crippen LogP contribution in [0.4, 0.5) is 0 Å². The molecule has 4 rings (SSSR count). The zero-order valence-electron chi connectivity index (χ0n) is 17.8. The van der Waals surface area contributed by atoms with E-state index in [1.54, 1.807) is 6.20 Å². The van der Waals surface area contributed by atoms with Crippen LogP contribution >= 0.6 is 0 Å². The molecule has 0 saturated carbocycles. The molecular formula is C25H26N4O. The molecule has 2 aromatic heterocycles. The topological polar surface area (TPSA) is 59.8 Å². The Labute approximate surface area is 176 Å². The Bertz CT molecular complexity index is 1210. The number of pyridine rings is 1. The van der Waals surface area contributed by atoms with E-state index in [9.17, 15) is 4.79 Å². The number of para-hydroxylation sites is 1. The van der Waals surface area contributed by atoms with Crippen LogP contribution in [0.15, 0.2) is 60.8 Å². The number of amides is 1. The molecule has 0 radical (unpaired) electrons. The van der Waals surface area contributed by atoms with Gasteiger partial charge in [0, 0.05) is 23.7 Å². The summed E-state index contributed by atoms with van der Waals surface area (Å²) in [6.07, 6.45) is 2.61. The van der Waals surface area contributed by atoms with Crippen molar-refractivity contribution >= 4 is 16.8 Å². The van der Waals surface area contributed by atoms with Crippen molar-refractivity contribution in [1.29, 1.82) is 0 Å². The van der Waals surface area contributed by atoms with E-state index >= 15 is 0 Å². The van der Waals surface area contributed by atoms with Crippen LogP contribution < -0.4 is 5.32 Å². The molecule has 152 valence electrons. The molecule has 0 fully saturated rings. The lowest BCUT2D eigenvalue weighted by Crippen LogP contribution is -2.28. The highest BCUT2D eigenvalue weighted by Gasteiger charge is 2.19. The summed E-state index contributed by atoms with van der Waals surface area (Å²) >= 11 is 0. The Kier molecular flexibility index (Phi) is 5.36. The first kappa shape index (κ1) is 19.8. The molecule has 1 N–H and O–H groups in total. The number of benzene rings is 2. The van der Waals surface area contributed by atoms with E-state index in [2.05, 4.69) is 48.5 Å². The molecule has 1 unspecified atom stereocenters. The number of aryl methyl sites for hydroxylation is 2. The quantitative estimate of drug-likeness (QED) is 0.507. The predicted octanol–water partition coefficient (Wildman–Crippen LogP) is 5.13. The number of rotatable bonds is 5. The first-order valence-corrected chi connectivity index (χ1v) is 10.2. The van der Waals surface area contributed by atoms with Gasteiger partial charge >= 0.3 is 0 Å². The van der Waals surface area contributed by atoms with Crippen LogP contribution in [0.2, 0.25) is 0 Å². The second kappa shape index (κ2) is 8.11. The van der Waals surface area contributed by atoms with Crippen LogP contribution in [-0.4, -0.2) is 20.7 Å². The highest BCUT2D eigenvalue weighted by Crippen LogP contribution is 2.27. The number of aromatic nitrogens is 3. The minimum atomic E-state index is -0.0937. The lowest BCUT2D eigenvalue weighted by Gasteiger charge is -2.19. The van der Waals surface area contributed by atoms with Crippen molar-refractivity contribution in [2.75, 3.05) is 0 Å². The van der Waals surface area contributed by atoms with Crippen molar-refractivity contribution in [3.63, 3.8) is 0 Å². The molecule has 0 aliphatic heterocycles. The smallest absolute Gasteiger partial charge is 0.252 e. The maximum Gasteiger partial charge on any atom is 0.252 e. The molecule has 0 aliphatic carbocycles. The van der Waals surface area contributed by atoms with Gasteiger partial charge in [-0.1, -0.05) is 55.0 Å². The third-order valence-corrected chi connectivity index (χ3v) is 5.67. The molecule has 1 atom stereocenters. The first-order chi connectivity index (χ1) is 14.5. The van der Waals surface area contributed by atoms with Gasteiger partial charge in [0.25, 0.3) is 5.91 Å². The van der Waals surface area contributed by atoms with Gasteiger partial charge in [0.05, 0.1) is 29.0 Å². The van der Waals surface area contributed by atoms with Crippen LogP contribution in [0, 0.1) is 13.8 Å². The van der Waals surface area contributed by atoms with Gasteiger partial charge in [0.15, 0.2) is 0 Å². The number of carbonyl (C=O) groups is 1. The van der Waals surface area contributed by atoms with E-state index in [4.69, 9.17) is 4.98 Å². The fourth-order valence-electron chi connectivity index (χ4n) is 3.71. The van der Waals surface area contributed by atoms with Crippen molar-refractivity contribution in [1.82, 2.24) is 20.1 Å². The molecule has 30 heavy (non-hydrogen) atoms. The number of nitrogens with one attached hydrogen (secondary N) is 1. The van der Waals surface area contributed by atoms with Gasteiger partial charge < -0.3 is 5.32 Å². The van der Waals surface area contributed by atoms with Gasteiger partial charge in [-0.3, -0.25) is 9.48 Å². The summed E-state index contributed by atoms with van der Waals surface area (Å²) in [5, 5.41) is 8.40. The summed E-state index contributed by atoms with van der Waals surface area (Å²) in [5.74, 6) is -0.0937. The first-order valence-electron chi connectivity index (χ1n) is 10.2. The lowest BCUT2D eigenvalue weighted by molar-refractivity contribution is 0.0937. The van der Waals surface area contributed by atoms with Gasteiger partial charge in [-0.05, 0) is 38.0 Å². The Hall–Kier alpha value is -3.47. The van der Waals surface area contributed by atoms with Gasteiger partial charge in [-0.15, -0.1) is 0 Å². The summed E-state index contributed by atoms with van der Waals surface area (Å²) in [6.45, 7) is 6.15. The molecule has 0 bridgehead atoms. The summed E-state index contributed by atoms with van der Waals surface area (Å²) < 4.78 is 1.82. The Morgan fingerprint density at radius 1 is 1.10 bits per heavy atom. The molecule has 1 amide bonds. The van der Waals surface area contributed by atoms with E-state index < -0.39 is 0 Å². The monoisotopic (exact) mass is 398 g/mol. The van der Waals surface area contributed by atoms with Crippen molar-refractivity contribution < 1.29 is 4.79 Å². The van der Waals surface area contributed by atoms with E-state index in [0.29, 0.717) is 5.56 Å². The lowest BCUT2D eigenvalue weighted by atomic mass is 10.0. The zero-order valence-corrected chi connectivity index (χ0v) is 17.8. The van der Waals surface area contributed by atoms with E-state index in [1.807, 2.05) is 49.0 Å². The third-order valence-electron chi connectivity index (χ3n) is 5.67. The molecule has 2 aromatic carbocycles. The largest absolute Gasteiger partial charge is 0.345 e. The number of hydrogen-bond donors (Lipinski definition) is 1. The van der Waals surface area contributed by atoms with Gasteiger partial charge in [-0.25, -0.2) is 4.98 Å². The molecule has 4 aromatic rings. The van der Waals surface area contributed by atoms with Gasteiger partial charge in [0.1, 0.15) is 0 Å². The van der Waals surface area contributed by atoms with Crippen LogP contribution in [0.3, 0.4) is 0 Å². The maximum atomic E-state index is 13.4. The van der Waals surface area contributed by atoms with Crippen molar-refractivity contribution in [3.8, 4) is 11.3 Å². The van der Waals surface area contributed by atoms with Crippen LogP contribution in [0.5, 0.6) is 0 Å². The Morgan fingerprint density at radius 3 is 2.50 bits per heavy atom. The standard InChI is InChI=1S/C25H26N4O/c1-5-22(18-12-10-16(2)11-13-18)28-25(30)20-14-24(21-15-26-29(4)17(21)3)27-23-9-7-6-8-19(20)23/h6-15,22H,5H2,1-4H3,(H,28,30). The Balaban J connectivity index is 1.76. The van der Waals surface area contributed by atoms with Gasteiger partial charge in [0.2, 0.25) is 0 Å². The highest BCUT2D eigenvalue weighted by molar-refractivity contribution is 6.07. The fraction of sp³-hybridized carbons (Fsp3) is 0.240. The van der Waals surface area contributed by atoms with E-state index in [-0.39, 0.29) is 11.9 Å². The summed E-state index contributed by atoms with van der Waals surface area (Å²) in [6, 6.07) is 17.9. The summed E-state index contributed by atoms with van der Waals surface area (Å²) in [4.78, 5) is 18.2. The van der Waals surface area contributed by atoms with Crippen LogP contribution in [-0.2, 0) is 7.05 Å². The van der Waals surface area contributed by atoms with Crippen LogP contribution in [0.25, 0.3) is 22.2 Å². The third kappa shape index (κ3) is 3.71. The minimum absolute atomic E-state index is 0.0476. The molecule has 0 saturated heterocycles. The number of hydrogen-bond acceptors (Lipinski definition) is 3.